The summed E-state index contributed by atoms with van der Waals surface area (Å²) in [6, 6.07) is 0. The molecule has 0 radical (unpaired) electrons. The zero-order valence-corrected chi connectivity index (χ0v) is 9.27. The van der Waals surface area contributed by atoms with Crippen molar-refractivity contribution >= 4 is 11.9 Å². The van der Waals surface area contributed by atoms with E-state index in [1.807, 2.05) is 6.92 Å². The van der Waals surface area contributed by atoms with Gasteiger partial charge in [-0.25, -0.2) is 0 Å². The lowest BCUT2D eigenvalue weighted by molar-refractivity contribution is -0.142. The smallest absolute Gasteiger partial charge is 0.309 e. The van der Waals surface area contributed by atoms with Crippen molar-refractivity contribution in [2.45, 2.75) is 13.3 Å². The molecule has 1 rings (SSSR count). The predicted molar refractivity (Wildman–Crippen MR) is 55.5 cm³/mol. The van der Waals surface area contributed by atoms with Crippen LogP contribution >= 0.6 is 0 Å². The van der Waals surface area contributed by atoms with Gasteiger partial charge >= 0.3 is 5.97 Å². The maximum absolute atomic E-state index is 11.7. The molecular weight excluding hydrogens is 196 g/mol. The zero-order valence-electron chi connectivity index (χ0n) is 9.27. The van der Waals surface area contributed by atoms with Gasteiger partial charge in [0, 0.05) is 19.6 Å². The van der Waals surface area contributed by atoms with Crippen LogP contribution in [0.1, 0.15) is 13.3 Å². The van der Waals surface area contributed by atoms with E-state index in [0.717, 1.165) is 6.42 Å². The third kappa shape index (κ3) is 3.20. The molecule has 0 spiro atoms. The van der Waals surface area contributed by atoms with Gasteiger partial charge in [-0.2, -0.15) is 0 Å². The maximum Gasteiger partial charge on any atom is 0.309 e. The normalized spacial score (nSPS) is 24.0. The Balaban J connectivity index is 2.72. The molecule has 5 heteroatoms. The molecule has 15 heavy (non-hydrogen) atoms. The summed E-state index contributed by atoms with van der Waals surface area (Å²) in [5.41, 5.74) is 0. The van der Waals surface area contributed by atoms with Crippen molar-refractivity contribution in [3.8, 4) is 0 Å². The van der Waals surface area contributed by atoms with Gasteiger partial charge in [-0.05, 0) is 13.5 Å². The monoisotopic (exact) mass is 214 g/mol. The second kappa shape index (κ2) is 5.11. The van der Waals surface area contributed by atoms with Crippen LogP contribution in [-0.2, 0) is 9.59 Å². The zero-order chi connectivity index (χ0) is 11.4. The number of amides is 1. The van der Waals surface area contributed by atoms with Gasteiger partial charge in [0.05, 0.1) is 12.5 Å². The van der Waals surface area contributed by atoms with Crippen molar-refractivity contribution < 1.29 is 14.7 Å². The van der Waals surface area contributed by atoms with Crippen LogP contribution in [0.5, 0.6) is 0 Å². The number of aliphatic carboxylic acids is 1. The minimum absolute atomic E-state index is 0.0306. The fourth-order valence-electron chi connectivity index (χ4n) is 1.84. The minimum Gasteiger partial charge on any atom is -0.481 e. The molecule has 0 aromatic carbocycles. The van der Waals surface area contributed by atoms with Crippen LogP contribution in [0.25, 0.3) is 0 Å². The summed E-state index contributed by atoms with van der Waals surface area (Å²) < 4.78 is 0. The van der Waals surface area contributed by atoms with E-state index in [1.165, 1.54) is 0 Å². The van der Waals surface area contributed by atoms with Gasteiger partial charge in [0.1, 0.15) is 0 Å². The van der Waals surface area contributed by atoms with Crippen LogP contribution in [-0.4, -0.2) is 60.0 Å². The number of likely N-dealkylation sites (N-methyl/N-ethyl adjacent to an activating group) is 1. The molecular formula is C10H18N2O3. The summed E-state index contributed by atoms with van der Waals surface area (Å²) in [4.78, 5) is 26.0. The van der Waals surface area contributed by atoms with Gasteiger partial charge in [-0.15, -0.1) is 0 Å². The van der Waals surface area contributed by atoms with E-state index in [1.54, 1.807) is 16.8 Å². The van der Waals surface area contributed by atoms with E-state index in [4.69, 9.17) is 5.11 Å². The summed E-state index contributed by atoms with van der Waals surface area (Å²) >= 11 is 0. The number of hydrogen-bond donors (Lipinski definition) is 1. The fraction of sp³-hybridized carbons (Fsp3) is 0.800. The highest BCUT2D eigenvalue weighted by molar-refractivity contribution is 5.80. The van der Waals surface area contributed by atoms with E-state index in [9.17, 15) is 9.59 Å². The van der Waals surface area contributed by atoms with Crippen molar-refractivity contribution in [2.75, 3.05) is 33.2 Å². The van der Waals surface area contributed by atoms with E-state index < -0.39 is 11.9 Å². The van der Waals surface area contributed by atoms with Crippen LogP contribution in [0.3, 0.4) is 0 Å². The second-order valence-electron chi connectivity index (χ2n) is 4.07. The Bertz CT molecular complexity index is 255. The van der Waals surface area contributed by atoms with Crippen LogP contribution in [0.2, 0.25) is 0 Å². The highest BCUT2D eigenvalue weighted by atomic mass is 16.4. The molecule has 1 fully saturated rings. The minimum atomic E-state index is -0.822. The fourth-order valence-corrected chi connectivity index (χ4v) is 1.84. The number of nitrogens with zero attached hydrogens (tertiary/aromatic N) is 2. The molecule has 0 saturated carbocycles. The van der Waals surface area contributed by atoms with E-state index in [-0.39, 0.29) is 5.91 Å². The molecule has 1 aliphatic heterocycles. The Morgan fingerprint density at radius 1 is 1.53 bits per heavy atom. The average Bonchev–Trinajstić information content (AvgIpc) is 2.27. The molecule has 1 atom stereocenters. The first kappa shape index (κ1) is 12.0. The third-order valence-electron chi connectivity index (χ3n) is 2.57. The molecule has 0 aromatic heterocycles. The number of rotatable bonds is 3. The molecule has 1 aliphatic rings. The summed E-state index contributed by atoms with van der Waals surface area (Å²) in [7, 11) is 1.78. The first-order chi connectivity index (χ1) is 7.04. The molecule has 1 heterocycles. The van der Waals surface area contributed by atoms with Gasteiger partial charge in [0.25, 0.3) is 0 Å². The average molecular weight is 214 g/mol. The second-order valence-corrected chi connectivity index (χ2v) is 4.07. The number of carbonyl (C=O) groups excluding carboxylic acids is 1. The molecule has 5 nitrogen and oxygen atoms in total. The van der Waals surface area contributed by atoms with Gasteiger partial charge in [0.15, 0.2) is 0 Å². The Labute approximate surface area is 89.7 Å². The maximum atomic E-state index is 11.7. The highest BCUT2D eigenvalue weighted by Gasteiger charge is 2.29. The summed E-state index contributed by atoms with van der Waals surface area (Å²) in [5, 5.41) is 8.99. The van der Waals surface area contributed by atoms with Crippen LogP contribution in [0, 0.1) is 5.92 Å². The SMILES string of the molecule is CCCN1CC(C(=O)O)CN(C)CC1=O. The molecule has 0 aromatic rings. The van der Waals surface area contributed by atoms with Crippen LogP contribution in [0.4, 0.5) is 0 Å². The Morgan fingerprint density at radius 3 is 2.73 bits per heavy atom. The summed E-state index contributed by atoms with van der Waals surface area (Å²) in [5.74, 6) is -1.26. The van der Waals surface area contributed by atoms with Crippen molar-refractivity contribution in [3.05, 3.63) is 0 Å². The van der Waals surface area contributed by atoms with Gasteiger partial charge in [0.2, 0.25) is 5.91 Å². The number of carbonyl (C=O) groups is 2. The molecule has 1 N–H and O–H groups in total. The van der Waals surface area contributed by atoms with Crippen molar-refractivity contribution in [3.63, 3.8) is 0 Å². The van der Waals surface area contributed by atoms with E-state index >= 15 is 0 Å². The quantitative estimate of drug-likeness (QED) is 0.711. The number of carboxylic acid groups (broad SMARTS) is 1. The van der Waals surface area contributed by atoms with Crippen molar-refractivity contribution in [1.82, 2.24) is 9.80 Å². The highest BCUT2D eigenvalue weighted by Crippen LogP contribution is 2.10. The van der Waals surface area contributed by atoms with Gasteiger partial charge in [-0.1, -0.05) is 6.92 Å². The predicted octanol–water partition coefficient (Wildman–Crippen LogP) is -0.129. The first-order valence-electron chi connectivity index (χ1n) is 5.23. The Hall–Kier alpha value is -1.10. The van der Waals surface area contributed by atoms with E-state index in [2.05, 4.69) is 0 Å². The lowest BCUT2D eigenvalue weighted by atomic mass is 10.1. The van der Waals surface area contributed by atoms with Gasteiger partial charge < -0.3 is 10.0 Å². The molecule has 1 amide bonds. The Morgan fingerprint density at radius 2 is 2.20 bits per heavy atom. The lowest BCUT2D eigenvalue weighted by Crippen LogP contribution is -2.37. The number of carboxylic acids is 1. The first-order valence-corrected chi connectivity index (χ1v) is 5.23. The lowest BCUT2D eigenvalue weighted by Gasteiger charge is -2.21. The van der Waals surface area contributed by atoms with Crippen LogP contribution < -0.4 is 0 Å². The van der Waals surface area contributed by atoms with Crippen LogP contribution in [0.15, 0.2) is 0 Å². The molecule has 1 saturated heterocycles. The topological polar surface area (TPSA) is 60.9 Å². The number of hydrogen-bond acceptors (Lipinski definition) is 3. The molecule has 86 valence electrons. The summed E-state index contributed by atoms with van der Waals surface area (Å²) in [6.45, 7) is 3.74. The standard InChI is InChI=1S/C10H18N2O3/c1-3-4-12-6-8(10(14)15)5-11(2)7-9(12)13/h8H,3-7H2,1-2H3,(H,14,15). The molecule has 1 unspecified atom stereocenters. The molecule has 0 aliphatic carbocycles. The van der Waals surface area contributed by atoms with Gasteiger partial charge in [-0.3, -0.25) is 14.5 Å². The van der Waals surface area contributed by atoms with Crippen molar-refractivity contribution in [1.29, 1.82) is 0 Å². The Kier molecular flexibility index (Phi) is 4.08. The third-order valence-corrected chi connectivity index (χ3v) is 2.57. The largest absolute Gasteiger partial charge is 0.481 e. The van der Waals surface area contributed by atoms with E-state index in [0.29, 0.717) is 26.2 Å². The molecule has 0 bridgehead atoms. The van der Waals surface area contributed by atoms with Crippen molar-refractivity contribution in [2.24, 2.45) is 5.92 Å². The summed E-state index contributed by atoms with van der Waals surface area (Å²) in [6.07, 6.45) is 0.863.